The zero-order valence-electron chi connectivity index (χ0n) is 15.6. The number of aliphatic hydroxyl groups excluding tert-OH is 1. The Labute approximate surface area is 166 Å². The van der Waals surface area contributed by atoms with E-state index in [4.69, 9.17) is 9.15 Å². The number of benzene rings is 1. The van der Waals surface area contributed by atoms with Gasteiger partial charge in [-0.1, -0.05) is 18.2 Å². The second-order valence-corrected chi connectivity index (χ2v) is 6.52. The zero-order valence-corrected chi connectivity index (χ0v) is 15.6. The molecule has 0 radical (unpaired) electrons. The fourth-order valence-corrected chi connectivity index (χ4v) is 3.42. The van der Waals surface area contributed by atoms with Crippen molar-refractivity contribution in [2.45, 2.75) is 12.6 Å². The molecule has 1 aliphatic rings. The maximum Gasteiger partial charge on any atom is 0.296 e. The Bertz CT molecular complexity index is 1070. The number of furan rings is 1. The van der Waals surface area contributed by atoms with E-state index in [1.54, 1.807) is 60.9 Å². The highest BCUT2D eigenvalue weighted by molar-refractivity contribution is 6.46. The molecule has 1 atom stereocenters. The predicted molar refractivity (Wildman–Crippen MR) is 104 cm³/mol. The Morgan fingerprint density at radius 3 is 2.76 bits per heavy atom. The molecule has 4 rings (SSSR count). The van der Waals surface area contributed by atoms with Gasteiger partial charge in [0.25, 0.3) is 11.7 Å². The van der Waals surface area contributed by atoms with Gasteiger partial charge in [0.05, 0.1) is 31.5 Å². The first kappa shape index (κ1) is 18.5. The molecule has 29 heavy (non-hydrogen) atoms. The van der Waals surface area contributed by atoms with Gasteiger partial charge < -0.3 is 19.2 Å². The molecule has 3 heterocycles. The molecule has 1 N–H and O–H groups in total. The minimum atomic E-state index is -0.792. The van der Waals surface area contributed by atoms with Crippen LogP contribution in [0.1, 0.15) is 22.9 Å². The number of Topliss-reactive ketones (excluding diaryl/α,β-unsaturated/α-hetero) is 1. The summed E-state index contributed by atoms with van der Waals surface area (Å²) >= 11 is 0. The van der Waals surface area contributed by atoms with Gasteiger partial charge in [-0.2, -0.15) is 0 Å². The van der Waals surface area contributed by atoms with Crippen LogP contribution in [0, 0.1) is 0 Å². The van der Waals surface area contributed by atoms with Gasteiger partial charge in [-0.15, -0.1) is 0 Å². The van der Waals surface area contributed by atoms with E-state index in [1.165, 1.54) is 18.3 Å². The van der Waals surface area contributed by atoms with Gasteiger partial charge in [0, 0.05) is 18.0 Å². The average molecular weight is 390 g/mol. The van der Waals surface area contributed by atoms with E-state index >= 15 is 0 Å². The lowest BCUT2D eigenvalue weighted by molar-refractivity contribution is -0.140. The van der Waals surface area contributed by atoms with Crippen LogP contribution in [-0.4, -0.2) is 33.8 Å². The summed E-state index contributed by atoms with van der Waals surface area (Å²) in [5, 5.41) is 11.0. The Hall–Kier alpha value is -3.87. The predicted octanol–water partition coefficient (Wildman–Crippen LogP) is 3.31. The third-order valence-electron chi connectivity index (χ3n) is 4.79. The van der Waals surface area contributed by atoms with Crippen LogP contribution in [0.3, 0.4) is 0 Å². The standard InChI is InChI=1S/C22H18N2O5/c1-28-16-7-2-5-14(11-16)20(25)18-19(15-6-3-9-23-12-15)24(22(27)21(18)26)13-17-8-4-10-29-17/h2-12,19,25H,13H2,1H3/b20-18-. The number of rotatable bonds is 5. The zero-order chi connectivity index (χ0) is 20.4. The van der Waals surface area contributed by atoms with E-state index in [1.807, 2.05) is 0 Å². The molecule has 1 aromatic carbocycles. The van der Waals surface area contributed by atoms with E-state index in [0.29, 0.717) is 22.6 Å². The summed E-state index contributed by atoms with van der Waals surface area (Å²) in [4.78, 5) is 31.2. The van der Waals surface area contributed by atoms with Gasteiger partial charge in [0.1, 0.15) is 17.3 Å². The maximum absolute atomic E-state index is 12.9. The van der Waals surface area contributed by atoms with Crippen LogP contribution in [0.4, 0.5) is 0 Å². The number of hydrogen-bond acceptors (Lipinski definition) is 6. The number of ketones is 1. The molecule has 0 spiro atoms. The third-order valence-corrected chi connectivity index (χ3v) is 4.79. The summed E-state index contributed by atoms with van der Waals surface area (Å²) in [6.45, 7) is 0.0893. The summed E-state index contributed by atoms with van der Waals surface area (Å²) in [5.74, 6) is -0.678. The van der Waals surface area contributed by atoms with Gasteiger partial charge in [-0.25, -0.2) is 0 Å². The summed E-state index contributed by atoms with van der Waals surface area (Å²) in [6.07, 6.45) is 4.68. The number of aromatic nitrogens is 1. The largest absolute Gasteiger partial charge is 0.507 e. The lowest BCUT2D eigenvalue weighted by atomic mass is 9.96. The van der Waals surface area contributed by atoms with Gasteiger partial charge in [-0.05, 0) is 35.9 Å². The van der Waals surface area contributed by atoms with Crippen molar-refractivity contribution in [1.29, 1.82) is 0 Å². The molecule has 1 aliphatic heterocycles. The molecule has 7 nitrogen and oxygen atoms in total. The molecular formula is C22H18N2O5. The molecule has 1 fully saturated rings. The molecule has 146 valence electrons. The number of carbonyl (C=O) groups excluding carboxylic acids is 2. The quantitative estimate of drug-likeness (QED) is 0.408. The number of nitrogens with zero attached hydrogens (tertiary/aromatic N) is 2. The molecule has 1 amide bonds. The SMILES string of the molecule is COc1cccc(/C(O)=C2/C(=O)C(=O)N(Cc3ccco3)C2c2cccnc2)c1. The van der Waals surface area contributed by atoms with Crippen molar-refractivity contribution in [3.05, 3.63) is 89.6 Å². The van der Waals surface area contributed by atoms with Crippen LogP contribution in [0.15, 0.2) is 77.2 Å². The monoisotopic (exact) mass is 390 g/mol. The smallest absolute Gasteiger partial charge is 0.296 e. The van der Waals surface area contributed by atoms with Crippen LogP contribution in [-0.2, 0) is 16.1 Å². The minimum Gasteiger partial charge on any atom is -0.507 e. The van der Waals surface area contributed by atoms with Gasteiger partial charge in [-0.3, -0.25) is 14.6 Å². The van der Waals surface area contributed by atoms with Crippen molar-refractivity contribution in [2.75, 3.05) is 7.11 Å². The maximum atomic E-state index is 12.9. The molecule has 2 aromatic heterocycles. The van der Waals surface area contributed by atoms with E-state index in [-0.39, 0.29) is 17.9 Å². The summed E-state index contributed by atoms with van der Waals surface area (Å²) < 4.78 is 10.6. The Kier molecular flexibility index (Phi) is 4.87. The van der Waals surface area contributed by atoms with E-state index in [9.17, 15) is 14.7 Å². The van der Waals surface area contributed by atoms with Crippen molar-refractivity contribution in [2.24, 2.45) is 0 Å². The number of methoxy groups -OCH3 is 1. The number of likely N-dealkylation sites (tertiary alicyclic amines) is 1. The van der Waals surface area contributed by atoms with Crippen LogP contribution < -0.4 is 4.74 Å². The van der Waals surface area contributed by atoms with Crippen molar-refractivity contribution < 1.29 is 23.8 Å². The second kappa shape index (κ2) is 7.63. The van der Waals surface area contributed by atoms with Crippen LogP contribution >= 0.6 is 0 Å². The lowest BCUT2D eigenvalue weighted by Gasteiger charge is -2.24. The van der Waals surface area contributed by atoms with Gasteiger partial charge >= 0.3 is 0 Å². The van der Waals surface area contributed by atoms with E-state index < -0.39 is 17.7 Å². The Balaban J connectivity index is 1.86. The molecule has 1 unspecified atom stereocenters. The highest BCUT2D eigenvalue weighted by Crippen LogP contribution is 2.40. The fourth-order valence-electron chi connectivity index (χ4n) is 3.42. The average Bonchev–Trinajstić information content (AvgIpc) is 3.36. The molecule has 0 bridgehead atoms. The first-order valence-electron chi connectivity index (χ1n) is 8.95. The molecule has 0 saturated carbocycles. The molecule has 0 aliphatic carbocycles. The van der Waals surface area contributed by atoms with Gasteiger partial charge in [0.2, 0.25) is 0 Å². The van der Waals surface area contributed by atoms with Crippen molar-refractivity contribution in [1.82, 2.24) is 9.88 Å². The third kappa shape index (κ3) is 3.38. The fraction of sp³-hybridized carbons (Fsp3) is 0.136. The highest BCUT2D eigenvalue weighted by atomic mass is 16.5. The van der Waals surface area contributed by atoms with Crippen molar-refractivity contribution >= 4 is 17.4 Å². The summed E-state index contributed by atoms with van der Waals surface area (Å²) in [5.41, 5.74) is 1.000. The Morgan fingerprint density at radius 2 is 2.07 bits per heavy atom. The first-order valence-corrected chi connectivity index (χ1v) is 8.95. The van der Waals surface area contributed by atoms with E-state index in [2.05, 4.69) is 4.98 Å². The number of ether oxygens (including phenoxy) is 1. The summed E-state index contributed by atoms with van der Waals surface area (Å²) in [6, 6.07) is 12.8. The van der Waals surface area contributed by atoms with Crippen LogP contribution in [0.5, 0.6) is 5.75 Å². The Morgan fingerprint density at radius 1 is 1.21 bits per heavy atom. The number of hydrogen-bond donors (Lipinski definition) is 1. The number of carbonyl (C=O) groups is 2. The molecular weight excluding hydrogens is 372 g/mol. The molecule has 7 heteroatoms. The topological polar surface area (TPSA) is 92.9 Å². The van der Waals surface area contributed by atoms with Crippen LogP contribution in [0.2, 0.25) is 0 Å². The number of aliphatic hydroxyl groups is 1. The summed E-state index contributed by atoms with van der Waals surface area (Å²) in [7, 11) is 1.51. The van der Waals surface area contributed by atoms with Crippen molar-refractivity contribution in [3.8, 4) is 5.75 Å². The first-order chi connectivity index (χ1) is 14.1. The number of pyridine rings is 1. The van der Waals surface area contributed by atoms with Gasteiger partial charge in [0.15, 0.2) is 0 Å². The number of amides is 1. The van der Waals surface area contributed by atoms with Crippen LogP contribution in [0.25, 0.3) is 5.76 Å². The van der Waals surface area contributed by atoms with E-state index in [0.717, 1.165) is 0 Å². The molecule has 1 saturated heterocycles. The second-order valence-electron chi connectivity index (χ2n) is 6.52. The molecule has 3 aromatic rings. The van der Waals surface area contributed by atoms with Crippen molar-refractivity contribution in [3.63, 3.8) is 0 Å². The normalized spacial score (nSPS) is 18.2. The lowest BCUT2D eigenvalue weighted by Crippen LogP contribution is -2.29. The highest BCUT2D eigenvalue weighted by Gasteiger charge is 2.46. The minimum absolute atomic E-state index is 0.00260.